The van der Waals surface area contributed by atoms with E-state index in [1.165, 1.54) is 17.8 Å². The molecule has 1 aromatic heterocycles. The van der Waals surface area contributed by atoms with E-state index in [2.05, 4.69) is 32.3 Å². The van der Waals surface area contributed by atoms with Gasteiger partial charge in [-0.1, -0.05) is 24.3 Å². The molecule has 29 heavy (non-hydrogen) atoms. The Kier molecular flexibility index (Phi) is 5.37. The molecule has 1 aliphatic heterocycles. The number of aromatic nitrogens is 2. The van der Waals surface area contributed by atoms with Gasteiger partial charge in [-0.05, 0) is 37.3 Å². The van der Waals surface area contributed by atoms with Gasteiger partial charge in [-0.15, -0.1) is 0 Å². The third-order valence-electron chi connectivity index (χ3n) is 4.84. The van der Waals surface area contributed by atoms with E-state index >= 15 is 0 Å². The highest BCUT2D eigenvalue weighted by molar-refractivity contribution is 5.93. The first-order valence-corrected chi connectivity index (χ1v) is 9.56. The van der Waals surface area contributed by atoms with E-state index in [0.29, 0.717) is 36.1 Å². The zero-order valence-electron chi connectivity index (χ0n) is 16.2. The van der Waals surface area contributed by atoms with Gasteiger partial charge in [0.15, 0.2) is 0 Å². The van der Waals surface area contributed by atoms with Crippen LogP contribution >= 0.6 is 0 Å². The number of nitrogens with one attached hydrogen (secondary N) is 1. The highest BCUT2D eigenvalue weighted by Crippen LogP contribution is 2.19. The standard InChI is InChI=1S/C22H22FN5O/c1-16-24-20(15-21(25-16)26-18-7-5-6-17(23)14-18)22(29)28-12-10-27(11-13-28)19-8-3-2-4-9-19/h2-9,14-15H,10-13H2,1H3,(H,24,25,26). The van der Waals surface area contributed by atoms with Crippen molar-refractivity contribution in [3.05, 3.63) is 78.0 Å². The van der Waals surface area contributed by atoms with Crippen LogP contribution in [0.3, 0.4) is 0 Å². The minimum absolute atomic E-state index is 0.120. The molecule has 6 nitrogen and oxygen atoms in total. The molecule has 1 N–H and O–H groups in total. The van der Waals surface area contributed by atoms with Crippen LogP contribution in [0.4, 0.5) is 21.6 Å². The second kappa shape index (κ2) is 8.26. The van der Waals surface area contributed by atoms with Crippen LogP contribution in [0, 0.1) is 12.7 Å². The first-order chi connectivity index (χ1) is 14.1. The lowest BCUT2D eigenvalue weighted by atomic mass is 10.2. The Morgan fingerprint density at radius 1 is 0.966 bits per heavy atom. The molecule has 0 bridgehead atoms. The second-order valence-electron chi connectivity index (χ2n) is 6.94. The van der Waals surface area contributed by atoms with Gasteiger partial charge in [-0.3, -0.25) is 4.79 Å². The van der Waals surface area contributed by atoms with E-state index in [1.54, 1.807) is 25.1 Å². The number of piperazine rings is 1. The highest BCUT2D eigenvalue weighted by atomic mass is 19.1. The zero-order chi connectivity index (χ0) is 20.2. The number of hydrogen-bond donors (Lipinski definition) is 1. The minimum atomic E-state index is -0.339. The van der Waals surface area contributed by atoms with Crippen LogP contribution in [0.1, 0.15) is 16.3 Å². The number of para-hydroxylation sites is 1. The van der Waals surface area contributed by atoms with Crippen molar-refractivity contribution < 1.29 is 9.18 Å². The van der Waals surface area contributed by atoms with Gasteiger partial charge in [-0.25, -0.2) is 14.4 Å². The van der Waals surface area contributed by atoms with Gasteiger partial charge in [-0.2, -0.15) is 0 Å². The predicted molar refractivity (Wildman–Crippen MR) is 111 cm³/mol. The van der Waals surface area contributed by atoms with E-state index < -0.39 is 0 Å². The molecular formula is C22H22FN5O. The summed E-state index contributed by atoms with van der Waals surface area (Å²) in [7, 11) is 0. The molecule has 7 heteroatoms. The van der Waals surface area contributed by atoms with E-state index in [4.69, 9.17) is 0 Å². The van der Waals surface area contributed by atoms with Crippen LogP contribution in [0.2, 0.25) is 0 Å². The van der Waals surface area contributed by atoms with Gasteiger partial charge in [0.25, 0.3) is 5.91 Å². The number of hydrogen-bond acceptors (Lipinski definition) is 5. The largest absolute Gasteiger partial charge is 0.368 e. The Hall–Kier alpha value is -3.48. The zero-order valence-corrected chi connectivity index (χ0v) is 16.2. The van der Waals surface area contributed by atoms with E-state index in [-0.39, 0.29) is 11.7 Å². The maximum absolute atomic E-state index is 13.4. The molecule has 0 saturated carbocycles. The summed E-state index contributed by atoms with van der Waals surface area (Å²) in [5.74, 6) is 0.492. The van der Waals surface area contributed by atoms with Crippen LogP contribution in [-0.4, -0.2) is 47.0 Å². The maximum atomic E-state index is 13.4. The van der Waals surface area contributed by atoms with Crippen LogP contribution in [-0.2, 0) is 0 Å². The van der Waals surface area contributed by atoms with Crippen molar-refractivity contribution in [2.75, 3.05) is 36.4 Å². The smallest absolute Gasteiger partial charge is 0.272 e. The van der Waals surface area contributed by atoms with Gasteiger partial charge >= 0.3 is 0 Å². The number of anilines is 3. The van der Waals surface area contributed by atoms with Crippen molar-refractivity contribution >= 4 is 23.1 Å². The quantitative estimate of drug-likeness (QED) is 0.736. The van der Waals surface area contributed by atoms with Crippen molar-refractivity contribution in [1.29, 1.82) is 0 Å². The molecule has 2 heterocycles. The molecule has 0 atom stereocenters. The molecule has 0 radical (unpaired) electrons. The van der Waals surface area contributed by atoms with Gasteiger partial charge < -0.3 is 15.1 Å². The van der Waals surface area contributed by atoms with Crippen molar-refractivity contribution in [2.45, 2.75) is 6.92 Å². The van der Waals surface area contributed by atoms with E-state index in [9.17, 15) is 9.18 Å². The number of amides is 1. The lowest BCUT2D eigenvalue weighted by Crippen LogP contribution is -2.49. The molecule has 0 spiro atoms. The third-order valence-corrected chi connectivity index (χ3v) is 4.84. The van der Waals surface area contributed by atoms with Crippen molar-refractivity contribution in [1.82, 2.24) is 14.9 Å². The molecule has 3 aromatic rings. The topological polar surface area (TPSA) is 61.4 Å². The molecule has 0 unspecified atom stereocenters. The van der Waals surface area contributed by atoms with E-state index in [1.807, 2.05) is 23.1 Å². The second-order valence-corrected chi connectivity index (χ2v) is 6.94. The molecule has 0 aliphatic carbocycles. The summed E-state index contributed by atoms with van der Waals surface area (Å²) in [6.07, 6.45) is 0. The van der Waals surface area contributed by atoms with Crippen LogP contribution in [0.25, 0.3) is 0 Å². The number of aryl methyl sites for hydroxylation is 1. The Bertz CT molecular complexity index is 1000. The maximum Gasteiger partial charge on any atom is 0.272 e. The van der Waals surface area contributed by atoms with Crippen LogP contribution < -0.4 is 10.2 Å². The number of benzene rings is 2. The average molecular weight is 391 g/mol. The lowest BCUT2D eigenvalue weighted by Gasteiger charge is -2.36. The number of carbonyl (C=O) groups is 1. The van der Waals surface area contributed by atoms with Crippen LogP contribution in [0.15, 0.2) is 60.7 Å². The monoisotopic (exact) mass is 391 g/mol. The first-order valence-electron chi connectivity index (χ1n) is 9.56. The van der Waals surface area contributed by atoms with Crippen molar-refractivity contribution in [2.24, 2.45) is 0 Å². The fourth-order valence-corrected chi connectivity index (χ4v) is 3.42. The number of halogens is 1. The molecule has 4 rings (SSSR count). The summed E-state index contributed by atoms with van der Waals surface area (Å²) in [6, 6.07) is 17.9. The molecule has 1 fully saturated rings. The first kappa shape index (κ1) is 18.9. The fourth-order valence-electron chi connectivity index (χ4n) is 3.42. The Labute approximate surface area is 169 Å². The van der Waals surface area contributed by atoms with Gasteiger partial charge in [0, 0.05) is 43.6 Å². The predicted octanol–water partition coefficient (Wildman–Crippen LogP) is 3.63. The summed E-state index contributed by atoms with van der Waals surface area (Å²) in [5.41, 5.74) is 2.07. The lowest BCUT2D eigenvalue weighted by molar-refractivity contribution is 0.0740. The Morgan fingerprint density at radius 3 is 2.45 bits per heavy atom. The normalized spacial score (nSPS) is 14.0. The van der Waals surface area contributed by atoms with Crippen LogP contribution in [0.5, 0.6) is 0 Å². The summed E-state index contributed by atoms with van der Waals surface area (Å²) in [6.45, 7) is 4.54. The molecular weight excluding hydrogens is 369 g/mol. The van der Waals surface area contributed by atoms with Gasteiger partial charge in [0.05, 0.1) is 0 Å². The molecule has 1 saturated heterocycles. The minimum Gasteiger partial charge on any atom is -0.368 e. The summed E-state index contributed by atoms with van der Waals surface area (Å²) >= 11 is 0. The molecule has 1 amide bonds. The fraction of sp³-hybridized carbons (Fsp3) is 0.227. The Balaban J connectivity index is 1.45. The highest BCUT2D eigenvalue weighted by Gasteiger charge is 2.24. The summed E-state index contributed by atoms with van der Waals surface area (Å²) in [5, 5.41) is 3.04. The SMILES string of the molecule is Cc1nc(Nc2cccc(F)c2)cc(C(=O)N2CCN(c3ccccc3)CC2)n1. The van der Waals surface area contributed by atoms with Gasteiger partial charge in [0.2, 0.25) is 0 Å². The number of nitrogens with zero attached hydrogens (tertiary/aromatic N) is 4. The molecule has 148 valence electrons. The third kappa shape index (κ3) is 4.51. The van der Waals surface area contributed by atoms with Gasteiger partial charge in [0.1, 0.15) is 23.2 Å². The van der Waals surface area contributed by atoms with E-state index in [0.717, 1.165) is 13.1 Å². The Morgan fingerprint density at radius 2 is 1.72 bits per heavy atom. The number of carbonyl (C=O) groups excluding carboxylic acids is 1. The average Bonchev–Trinajstić information content (AvgIpc) is 2.73. The summed E-state index contributed by atoms with van der Waals surface area (Å²) < 4.78 is 13.4. The molecule has 2 aromatic carbocycles. The van der Waals surface area contributed by atoms with Crippen molar-refractivity contribution in [3.63, 3.8) is 0 Å². The summed E-state index contributed by atoms with van der Waals surface area (Å²) in [4.78, 5) is 25.7. The number of rotatable bonds is 4. The van der Waals surface area contributed by atoms with Crippen molar-refractivity contribution in [3.8, 4) is 0 Å². The molecule has 1 aliphatic rings.